The molecule has 1 unspecified atom stereocenters. The maximum Gasteiger partial charge on any atom is 0.254 e. The maximum absolute atomic E-state index is 13.8. The van der Waals surface area contributed by atoms with Crippen LogP contribution in [-0.2, 0) is 5.66 Å². The number of hydrogen-bond acceptors (Lipinski definition) is 1. The van der Waals surface area contributed by atoms with Gasteiger partial charge in [-0.15, -0.1) is 0 Å². The molecule has 2 aromatic heterocycles. The molecule has 0 saturated carbocycles. The Morgan fingerprint density at radius 3 is 1.98 bits per heavy atom. The lowest BCUT2D eigenvalue weighted by Crippen LogP contribution is -2.42. The number of H-pyrrole nitrogens is 1. The van der Waals surface area contributed by atoms with Gasteiger partial charge in [-0.25, -0.2) is 0 Å². The van der Waals surface area contributed by atoms with E-state index in [-0.39, 0.29) is 11.8 Å². The number of amides is 1. The SMILES string of the molecule is O=C1NC2(C=C(c3ccccc3)c3c(-c4c(C(c5ccccc5)c5ccccc5)[nH]c5c(Br)cccc45)c4ccccc4n32)c2ccccc21. The number of para-hydroxylation sites is 2. The summed E-state index contributed by atoms with van der Waals surface area (Å²) in [6, 6.07) is 55.2. The molecule has 10 rings (SSSR count). The molecule has 5 heteroatoms. The Morgan fingerprint density at radius 2 is 1.24 bits per heavy atom. The predicted molar refractivity (Wildman–Crippen MR) is 205 cm³/mol. The molecule has 2 aliphatic heterocycles. The van der Waals surface area contributed by atoms with Crippen LogP contribution in [0, 0.1) is 0 Å². The fourth-order valence-electron chi connectivity index (χ4n) is 8.41. The van der Waals surface area contributed by atoms with E-state index >= 15 is 0 Å². The minimum atomic E-state index is -0.892. The molecule has 0 fully saturated rings. The quantitative estimate of drug-likeness (QED) is 0.184. The molecule has 1 spiro atoms. The van der Waals surface area contributed by atoms with E-state index < -0.39 is 5.66 Å². The van der Waals surface area contributed by atoms with Gasteiger partial charge in [0.1, 0.15) is 0 Å². The number of halogens is 1. The zero-order valence-electron chi connectivity index (χ0n) is 26.9. The predicted octanol–water partition coefficient (Wildman–Crippen LogP) is 10.6. The minimum Gasteiger partial charge on any atom is -0.356 e. The van der Waals surface area contributed by atoms with Gasteiger partial charge < -0.3 is 14.9 Å². The fourth-order valence-corrected chi connectivity index (χ4v) is 8.88. The number of carbonyl (C=O) groups excluding carboxylic acids is 1. The normalized spacial score (nSPS) is 16.3. The lowest BCUT2D eigenvalue weighted by Gasteiger charge is -2.27. The Bertz CT molecular complexity index is 2620. The van der Waals surface area contributed by atoms with Crippen molar-refractivity contribution in [2.24, 2.45) is 0 Å². The number of hydrogen-bond donors (Lipinski definition) is 2. The minimum absolute atomic E-state index is 0.0682. The fraction of sp³-hybridized carbons (Fsp3) is 0.0444. The van der Waals surface area contributed by atoms with Crippen LogP contribution in [0.2, 0.25) is 0 Å². The standard InChI is InChI=1S/C45H30BrN3O/c46-36-25-14-23-33-39(42(47-41(33)36)38(29-17-6-2-7-18-29)30-19-8-3-9-20-30)40-32-22-11-13-26-37(32)49-43(40)34(28-15-4-1-5-16-28)27-45(49)35-24-12-10-21-31(35)44(50)48-45/h1-27,38,47H,(H,48,50). The van der Waals surface area contributed by atoms with Crippen molar-refractivity contribution in [3.8, 4) is 11.1 Å². The van der Waals surface area contributed by atoms with Gasteiger partial charge in [0.05, 0.1) is 16.7 Å². The highest BCUT2D eigenvalue weighted by Gasteiger charge is 2.50. The Kier molecular flexibility index (Phi) is 6.42. The van der Waals surface area contributed by atoms with Crippen LogP contribution >= 0.6 is 15.9 Å². The number of aromatic nitrogens is 2. The molecule has 0 aliphatic carbocycles. The number of nitrogens with one attached hydrogen (secondary N) is 2. The van der Waals surface area contributed by atoms with Crippen molar-refractivity contribution in [2.75, 3.05) is 0 Å². The largest absolute Gasteiger partial charge is 0.356 e. The number of benzene rings is 6. The summed E-state index contributed by atoms with van der Waals surface area (Å²) in [6.07, 6.45) is 2.27. The summed E-state index contributed by atoms with van der Waals surface area (Å²) in [4.78, 5) is 17.7. The third-order valence-corrected chi connectivity index (χ3v) is 11.1. The van der Waals surface area contributed by atoms with Crippen LogP contribution in [-0.4, -0.2) is 15.5 Å². The molecule has 50 heavy (non-hydrogen) atoms. The van der Waals surface area contributed by atoms with Crippen LogP contribution in [0.15, 0.2) is 168 Å². The summed E-state index contributed by atoms with van der Waals surface area (Å²) in [5.41, 5.74) is 12.0. The van der Waals surface area contributed by atoms with E-state index in [4.69, 9.17) is 0 Å². The van der Waals surface area contributed by atoms with Crippen LogP contribution in [0.3, 0.4) is 0 Å². The molecule has 6 aromatic carbocycles. The second kappa shape index (κ2) is 11.1. The molecular weight excluding hydrogens is 678 g/mol. The Hall–Kier alpha value is -5.91. The first-order chi connectivity index (χ1) is 24.6. The zero-order chi connectivity index (χ0) is 33.4. The van der Waals surface area contributed by atoms with Crippen molar-refractivity contribution in [1.29, 1.82) is 0 Å². The van der Waals surface area contributed by atoms with Gasteiger partial charge in [0, 0.05) is 54.7 Å². The Balaban J connectivity index is 1.38. The number of rotatable bonds is 5. The number of fused-ring (bicyclic) bond motifs is 7. The van der Waals surface area contributed by atoms with Gasteiger partial charge in [0.25, 0.3) is 5.91 Å². The van der Waals surface area contributed by atoms with E-state index in [9.17, 15) is 4.79 Å². The van der Waals surface area contributed by atoms with Gasteiger partial charge in [-0.2, -0.15) is 0 Å². The van der Waals surface area contributed by atoms with E-state index in [1.165, 1.54) is 11.1 Å². The summed E-state index contributed by atoms with van der Waals surface area (Å²) >= 11 is 3.91. The summed E-state index contributed by atoms with van der Waals surface area (Å²) in [7, 11) is 0. The second-order valence-corrected chi connectivity index (χ2v) is 14.0. The van der Waals surface area contributed by atoms with Crippen molar-refractivity contribution >= 4 is 49.2 Å². The number of nitrogens with zero attached hydrogens (tertiary/aromatic N) is 1. The van der Waals surface area contributed by atoms with E-state index in [1.807, 2.05) is 18.2 Å². The molecule has 8 aromatic rings. The van der Waals surface area contributed by atoms with E-state index in [0.29, 0.717) is 5.56 Å². The van der Waals surface area contributed by atoms with Crippen LogP contribution < -0.4 is 5.32 Å². The third-order valence-electron chi connectivity index (χ3n) is 10.4. The molecule has 0 saturated heterocycles. The van der Waals surface area contributed by atoms with Crippen molar-refractivity contribution in [3.63, 3.8) is 0 Å². The topological polar surface area (TPSA) is 49.8 Å². The van der Waals surface area contributed by atoms with Crippen LogP contribution in [0.4, 0.5) is 0 Å². The van der Waals surface area contributed by atoms with Crippen molar-refractivity contribution < 1.29 is 4.79 Å². The molecule has 0 bridgehead atoms. The lowest BCUT2D eigenvalue weighted by atomic mass is 9.83. The molecule has 1 amide bonds. The molecule has 2 N–H and O–H groups in total. The Labute approximate surface area is 297 Å². The van der Waals surface area contributed by atoms with E-state index in [2.05, 4.69) is 176 Å². The summed E-state index contributed by atoms with van der Waals surface area (Å²) in [5, 5.41) is 5.73. The first-order valence-corrected chi connectivity index (χ1v) is 17.7. The van der Waals surface area contributed by atoms with Crippen molar-refractivity contribution in [3.05, 3.63) is 207 Å². The average molecular weight is 709 g/mol. The highest BCUT2D eigenvalue weighted by molar-refractivity contribution is 9.10. The molecule has 1 atom stereocenters. The smallest absolute Gasteiger partial charge is 0.254 e. The van der Waals surface area contributed by atoms with Gasteiger partial charge in [-0.1, -0.05) is 140 Å². The Morgan fingerprint density at radius 1 is 0.620 bits per heavy atom. The van der Waals surface area contributed by atoms with Gasteiger partial charge in [-0.3, -0.25) is 4.79 Å². The summed E-state index contributed by atoms with van der Waals surface area (Å²) < 4.78 is 3.39. The van der Waals surface area contributed by atoms with Crippen molar-refractivity contribution in [2.45, 2.75) is 11.6 Å². The van der Waals surface area contributed by atoms with E-state index in [0.717, 1.165) is 65.5 Å². The third kappa shape index (κ3) is 4.07. The monoisotopic (exact) mass is 707 g/mol. The second-order valence-electron chi connectivity index (χ2n) is 13.1. The first-order valence-electron chi connectivity index (χ1n) is 16.9. The highest BCUT2D eigenvalue weighted by Crippen LogP contribution is 2.55. The molecule has 4 nitrogen and oxygen atoms in total. The molecular formula is C45H30BrN3O. The zero-order valence-corrected chi connectivity index (χ0v) is 28.5. The number of carbonyl (C=O) groups is 1. The first kappa shape index (κ1) is 29.0. The lowest BCUT2D eigenvalue weighted by molar-refractivity contribution is 0.0937. The number of aromatic amines is 1. The van der Waals surface area contributed by atoms with Gasteiger partial charge >= 0.3 is 0 Å². The van der Waals surface area contributed by atoms with Gasteiger partial charge in [0.15, 0.2) is 5.66 Å². The highest BCUT2D eigenvalue weighted by atomic mass is 79.9. The van der Waals surface area contributed by atoms with Gasteiger partial charge in [0.2, 0.25) is 0 Å². The molecule has 2 aliphatic rings. The molecule has 0 radical (unpaired) electrons. The summed E-state index contributed by atoms with van der Waals surface area (Å²) in [6.45, 7) is 0. The van der Waals surface area contributed by atoms with Crippen molar-refractivity contribution in [1.82, 2.24) is 14.9 Å². The van der Waals surface area contributed by atoms with E-state index in [1.54, 1.807) is 0 Å². The average Bonchev–Trinajstić information content (AvgIpc) is 3.89. The van der Waals surface area contributed by atoms with Gasteiger partial charge in [-0.05, 0) is 56.9 Å². The van der Waals surface area contributed by atoms with Crippen LogP contribution in [0.5, 0.6) is 0 Å². The molecule has 4 heterocycles. The van der Waals surface area contributed by atoms with Crippen LogP contribution in [0.1, 0.15) is 49.9 Å². The molecule has 238 valence electrons. The summed E-state index contributed by atoms with van der Waals surface area (Å²) in [5.74, 6) is -0.145. The van der Waals surface area contributed by atoms with Crippen LogP contribution in [0.25, 0.3) is 38.5 Å². The maximum atomic E-state index is 13.8.